The number of imidazole rings is 1. The van der Waals surface area contributed by atoms with Crippen molar-refractivity contribution in [3.63, 3.8) is 0 Å². The first-order valence-electron chi connectivity index (χ1n) is 6.39. The van der Waals surface area contributed by atoms with Gasteiger partial charge >= 0.3 is 0 Å². The van der Waals surface area contributed by atoms with Gasteiger partial charge in [0, 0.05) is 12.7 Å². The van der Waals surface area contributed by atoms with Gasteiger partial charge in [0.25, 0.3) is 0 Å². The van der Waals surface area contributed by atoms with E-state index in [0.29, 0.717) is 11.6 Å². The Labute approximate surface area is 122 Å². The van der Waals surface area contributed by atoms with E-state index in [1.54, 1.807) is 12.5 Å². The average molecular weight is 287 g/mol. The summed E-state index contributed by atoms with van der Waals surface area (Å²) in [7, 11) is 0. The molecule has 0 unspecified atom stereocenters. The minimum atomic E-state index is 0.388. The summed E-state index contributed by atoms with van der Waals surface area (Å²) in [5.74, 6) is 0.778. The Morgan fingerprint density at radius 3 is 2.65 bits per heavy atom. The van der Waals surface area contributed by atoms with Crippen LogP contribution in [0.1, 0.15) is 16.7 Å². The third kappa shape index (κ3) is 2.07. The van der Waals surface area contributed by atoms with Crippen molar-refractivity contribution < 1.29 is 0 Å². The fourth-order valence-corrected chi connectivity index (χ4v) is 2.38. The number of nitrogens with zero attached hydrogens (tertiary/aromatic N) is 3. The molecule has 2 aromatic heterocycles. The third-order valence-electron chi connectivity index (χ3n) is 3.55. The molecule has 4 nitrogen and oxygen atoms in total. The van der Waals surface area contributed by atoms with Crippen LogP contribution in [0.4, 0.5) is 0 Å². The first-order valence-corrected chi connectivity index (χ1v) is 6.77. The largest absolute Gasteiger partial charge is 0.326 e. The molecule has 0 aliphatic rings. The molecule has 3 aromatic rings. The Balaban J connectivity index is 2.22. The Kier molecular flexibility index (Phi) is 3.20. The number of hydrogen-bond donors (Lipinski definition) is 1. The molecule has 20 heavy (non-hydrogen) atoms. The second kappa shape index (κ2) is 4.89. The minimum absolute atomic E-state index is 0.388. The smallest absolute Gasteiger partial charge is 0.138 e. The summed E-state index contributed by atoms with van der Waals surface area (Å²) in [5, 5.41) is 0.590. The predicted molar refractivity (Wildman–Crippen MR) is 81.2 cm³/mol. The van der Waals surface area contributed by atoms with Crippen LogP contribution in [0, 0.1) is 13.8 Å². The van der Waals surface area contributed by atoms with Crippen molar-refractivity contribution in [2.24, 2.45) is 5.73 Å². The number of aromatic nitrogens is 3. The van der Waals surface area contributed by atoms with Crippen LogP contribution in [0.2, 0.25) is 5.02 Å². The predicted octanol–water partition coefficient (Wildman–Crippen LogP) is 3.15. The molecule has 0 spiro atoms. The Morgan fingerprint density at radius 2 is 1.90 bits per heavy atom. The van der Waals surface area contributed by atoms with Gasteiger partial charge in [-0.15, -0.1) is 0 Å². The molecule has 2 N–H and O–H groups in total. The molecule has 2 heterocycles. The summed E-state index contributed by atoms with van der Waals surface area (Å²) in [6.45, 7) is 4.56. The molecule has 5 heteroatoms. The van der Waals surface area contributed by atoms with Crippen LogP contribution < -0.4 is 5.73 Å². The lowest BCUT2D eigenvalue weighted by molar-refractivity contribution is 0.989. The van der Waals surface area contributed by atoms with Crippen LogP contribution in [-0.2, 0) is 6.54 Å². The standard InChI is InChI=1S/C15H15ClN4/c1-9-3-13-14(4-10(9)2)20(8-19-13)15-5-11(6-17)12(16)7-18-15/h3-5,7-8H,6,17H2,1-2H3. The van der Waals surface area contributed by atoms with E-state index in [2.05, 4.69) is 35.9 Å². The molecule has 0 bridgehead atoms. The van der Waals surface area contributed by atoms with Gasteiger partial charge in [-0.05, 0) is 48.7 Å². The van der Waals surface area contributed by atoms with Gasteiger partial charge in [0.1, 0.15) is 12.1 Å². The van der Waals surface area contributed by atoms with Gasteiger partial charge in [-0.3, -0.25) is 4.57 Å². The van der Waals surface area contributed by atoms with Crippen LogP contribution in [-0.4, -0.2) is 14.5 Å². The van der Waals surface area contributed by atoms with Crippen molar-refractivity contribution in [2.45, 2.75) is 20.4 Å². The van der Waals surface area contributed by atoms with Gasteiger partial charge in [0.2, 0.25) is 0 Å². The van der Waals surface area contributed by atoms with Crippen molar-refractivity contribution in [2.75, 3.05) is 0 Å². The van der Waals surface area contributed by atoms with E-state index in [9.17, 15) is 0 Å². The maximum absolute atomic E-state index is 6.05. The van der Waals surface area contributed by atoms with E-state index in [0.717, 1.165) is 22.4 Å². The van der Waals surface area contributed by atoms with Crippen molar-refractivity contribution >= 4 is 22.6 Å². The lowest BCUT2D eigenvalue weighted by atomic mass is 10.1. The highest BCUT2D eigenvalue weighted by Crippen LogP contribution is 2.23. The van der Waals surface area contributed by atoms with Crippen molar-refractivity contribution in [3.8, 4) is 5.82 Å². The molecule has 0 atom stereocenters. The second-order valence-corrected chi connectivity index (χ2v) is 5.28. The van der Waals surface area contributed by atoms with Crippen LogP contribution in [0.3, 0.4) is 0 Å². The number of halogens is 1. The van der Waals surface area contributed by atoms with Crippen molar-refractivity contribution in [1.29, 1.82) is 0 Å². The number of hydrogen-bond acceptors (Lipinski definition) is 3. The average Bonchev–Trinajstić information content (AvgIpc) is 2.83. The van der Waals surface area contributed by atoms with Gasteiger partial charge in [-0.2, -0.15) is 0 Å². The highest BCUT2D eigenvalue weighted by molar-refractivity contribution is 6.31. The highest BCUT2D eigenvalue weighted by Gasteiger charge is 2.09. The Morgan fingerprint density at radius 1 is 1.15 bits per heavy atom. The normalized spacial score (nSPS) is 11.2. The van der Waals surface area contributed by atoms with Gasteiger partial charge in [-0.25, -0.2) is 9.97 Å². The summed E-state index contributed by atoms with van der Waals surface area (Å²) in [4.78, 5) is 8.80. The van der Waals surface area contributed by atoms with Gasteiger partial charge < -0.3 is 5.73 Å². The molecule has 3 rings (SSSR count). The summed E-state index contributed by atoms with van der Waals surface area (Å²) in [6, 6.07) is 6.11. The first kappa shape index (κ1) is 13.1. The van der Waals surface area contributed by atoms with Crippen LogP contribution in [0.5, 0.6) is 0 Å². The molecule has 102 valence electrons. The molecule has 0 aliphatic heterocycles. The van der Waals surface area contributed by atoms with Gasteiger partial charge in [-0.1, -0.05) is 11.6 Å². The highest BCUT2D eigenvalue weighted by atomic mass is 35.5. The second-order valence-electron chi connectivity index (χ2n) is 4.88. The summed E-state index contributed by atoms with van der Waals surface area (Å²) >= 11 is 6.05. The maximum Gasteiger partial charge on any atom is 0.138 e. The fourth-order valence-electron chi connectivity index (χ4n) is 2.20. The lowest BCUT2D eigenvalue weighted by Crippen LogP contribution is -2.02. The molecule has 0 aliphatic carbocycles. The van der Waals surface area contributed by atoms with Crippen molar-refractivity contribution in [1.82, 2.24) is 14.5 Å². The van der Waals surface area contributed by atoms with Crippen LogP contribution in [0.15, 0.2) is 30.7 Å². The van der Waals surface area contributed by atoms with Gasteiger partial charge in [0.05, 0.1) is 16.1 Å². The number of aryl methyl sites for hydroxylation is 2. The monoisotopic (exact) mass is 286 g/mol. The van der Waals surface area contributed by atoms with Crippen LogP contribution >= 0.6 is 11.6 Å². The number of nitrogens with two attached hydrogens (primary N) is 1. The summed E-state index contributed by atoms with van der Waals surface area (Å²) in [6.07, 6.45) is 3.41. The number of rotatable bonds is 2. The van der Waals surface area contributed by atoms with E-state index < -0.39 is 0 Å². The minimum Gasteiger partial charge on any atom is -0.326 e. The lowest BCUT2D eigenvalue weighted by Gasteiger charge is -2.08. The SMILES string of the molecule is Cc1cc2ncn(-c3cc(CN)c(Cl)cn3)c2cc1C. The number of fused-ring (bicyclic) bond motifs is 1. The first-order chi connectivity index (χ1) is 9.60. The Hall–Kier alpha value is -1.91. The van der Waals surface area contributed by atoms with E-state index in [-0.39, 0.29) is 0 Å². The molecule has 0 amide bonds. The molecule has 1 aromatic carbocycles. The molecular weight excluding hydrogens is 272 g/mol. The van der Waals surface area contributed by atoms with E-state index in [1.165, 1.54) is 11.1 Å². The zero-order valence-corrected chi connectivity index (χ0v) is 12.1. The Bertz CT molecular complexity index is 792. The molecule has 0 radical (unpaired) electrons. The van der Waals surface area contributed by atoms with Crippen LogP contribution in [0.25, 0.3) is 16.9 Å². The number of pyridine rings is 1. The summed E-state index contributed by atoms with van der Waals surface area (Å²) < 4.78 is 1.96. The quantitative estimate of drug-likeness (QED) is 0.787. The van der Waals surface area contributed by atoms with Gasteiger partial charge in [0.15, 0.2) is 0 Å². The maximum atomic E-state index is 6.05. The third-order valence-corrected chi connectivity index (χ3v) is 3.89. The van der Waals surface area contributed by atoms with Crippen molar-refractivity contribution in [3.05, 3.63) is 52.4 Å². The van der Waals surface area contributed by atoms with E-state index >= 15 is 0 Å². The number of benzene rings is 1. The molecule has 0 saturated heterocycles. The van der Waals surface area contributed by atoms with E-state index in [1.807, 2.05) is 10.6 Å². The zero-order valence-electron chi connectivity index (χ0n) is 11.4. The molecular formula is C15H15ClN4. The van der Waals surface area contributed by atoms with E-state index in [4.69, 9.17) is 17.3 Å². The summed E-state index contributed by atoms with van der Waals surface area (Å²) in [5.41, 5.74) is 11.0. The molecule has 0 saturated carbocycles. The zero-order chi connectivity index (χ0) is 14.3. The molecule has 0 fully saturated rings. The topological polar surface area (TPSA) is 56.7 Å². The fraction of sp³-hybridized carbons (Fsp3) is 0.200.